The van der Waals surface area contributed by atoms with E-state index in [4.69, 9.17) is 0 Å². The van der Waals surface area contributed by atoms with Crippen LogP contribution in [-0.2, 0) is 9.59 Å². The van der Waals surface area contributed by atoms with Crippen molar-refractivity contribution in [2.24, 2.45) is 11.8 Å². The molecule has 4 nitrogen and oxygen atoms in total. The lowest BCUT2D eigenvalue weighted by molar-refractivity contribution is -0.149. The highest BCUT2D eigenvalue weighted by Gasteiger charge is 2.45. The summed E-state index contributed by atoms with van der Waals surface area (Å²) in [5, 5.41) is 2.88. The number of carbonyl (C=O) groups is 2. The van der Waals surface area contributed by atoms with E-state index in [1.165, 1.54) is 19.3 Å². The van der Waals surface area contributed by atoms with Gasteiger partial charge in [-0.2, -0.15) is 0 Å². The van der Waals surface area contributed by atoms with Gasteiger partial charge in [0.05, 0.1) is 6.54 Å². The minimum Gasteiger partial charge on any atom is -0.342 e. The summed E-state index contributed by atoms with van der Waals surface area (Å²) in [4.78, 5) is 26.2. The van der Waals surface area contributed by atoms with Crippen LogP contribution in [-0.4, -0.2) is 35.3 Å². The van der Waals surface area contributed by atoms with E-state index in [2.05, 4.69) is 12.2 Å². The van der Waals surface area contributed by atoms with Crippen molar-refractivity contribution in [3.05, 3.63) is 0 Å². The lowest BCUT2D eigenvalue weighted by Gasteiger charge is -2.42. The Balaban J connectivity index is 1.76. The average molecular weight is 250 g/mol. The van der Waals surface area contributed by atoms with Crippen molar-refractivity contribution < 1.29 is 9.59 Å². The standard InChI is InChI=1S/C14H22N2O2/c1-9-4-2-3-5-11(9)16-8-12(17)15-13(14(16)18)10-6-7-10/h9-11,13H,2-8H2,1H3,(H,15,17). The van der Waals surface area contributed by atoms with Gasteiger partial charge in [0.25, 0.3) is 0 Å². The second-order valence-electron chi connectivity index (χ2n) is 6.18. The number of carbonyl (C=O) groups excluding carboxylic acids is 2. The lowest BCUT2D eigenvalue weighted by atomic mass is 9.84. The molecular weight excluding hydrogens is 228 g/mol. The van der Waals surface area contributed by atoms with Crippen LogP contribution in [0.2, 0.25) is 0 Å². The first-order valence-corrected chi connectivity index (χ1v) is 7.26. The first-order valence-electron chi connectivity index (χ1n) is 7.26. The molecule has 3 atom stereocenters. The van der Waals surface area contributed by atoms with E-state index in [-0.39, 0.29) is 24.4 Å². The zero-order chi connectivity index (χ0) is 12.7. The Kier molecular flexibility index (Phi) is 3.04. The highest BCUT2D eigenvalue weighted by Crippen LogP contribution is 2.36. The molecule has 1 aliphatic heterocycles. The molecule has 0 bridgehead atoms. The topological polar surface area (TPSA) is 49.4 Å². The Morgan fingerprint density at radius 1 is 1.11 bits per heavy atom. The van der Waals surface area contributed by atoms with Crippen LogP contribution >= 0.6 is 0 Å². The molecule has 0 aromatic rings. The van der Waals surface area contributed by atoms with Gasteiger partial charge in [0.2, 0.25) is 11.8 Å². The average Bonchev–Trinajstić information content (AvgIpc) is 3.17. The molecule has 1 heterocycles. The van der Waals surface area contributed by atoms with Gasteiger partial charge >= 0.3 is 0 Å². The smallest absolute Gasteiger partial charge is 0.246 e. The quantitative estimate of drug-likeness (QED) is 0.803. The van der Waals surface area contributed by atoms with Crippen molar-refractivity contribution in [1.29, 1.82) is 0 Å². The molecule has 3 fully saturated rings. The highest BCUT2D eigenvalue weighted by molar-refractivity contribution is 5.95. The van der Waals surface area contributed by atoms with Crippen molar-refractivity contribution in [3.8, 4) is 0 Å². The number of hydrogen-bond acceptors (Lipinski definition) is 2. The molecular formula is C14H22N2O2. The maximum absolute atomic E-state index is 12.5. The SMILES string of the molecule is CC1CCCCC1N1CC(=O)NC(C2CC2)C1=O. The first-order chi connectivity index (χ1) is 8.66. The van der Waals surface area contributed by atoms with Gasteiger partial charge in [0, 0.05) is 6.04 Å². The summed E-state index contributed by atoms with van der Waals surface area (Å²) in [5.41, 5.74) is 0. The molecule has 3 rings (SSSR count). The van der Waals surface area contributed by atoms with Crippen LogP contribution in [0.15, 0.2) is 0 Å². The molecule has 1 saturated heterocycles. The number of nitrogens with one attached hydrogen (secondary N) is 1. The summed E-state index contributed by atoms with van der Waals surface area (Å²) in [7, 11) is 0. The van der Waals surface area contributed by atoms with Crippen molar-refractivity contribution in [1.82, 2.24) is 10.2 Å². The van der Waals surface area contributed by atoms with Crippen LogP contribution in [0.3, 0.4) is 0 Å². The van der Waals surface area contributed by atoms with Gasteiger partial charge in [-0.25, -0.2) is 0 Å². The Morgan fingerprint density at radius 3 is 2.50 bits per heavy atom. The van der Waals surface area contributed by atoms with Crippen LogP contribution in [0.25, 0.3) is 0 Å². The number of nitrogens with zero attached hydrogens (tertiary/aromatic N) is 1. The van der Waals surface area contributed by atoms with Crippen LogP contribution in [0, 0.1) is 11.8 Å². The molecule has 3 unspecified atom stereocenters. The van der Waals surface area contributed by atoms with E-state index >= 15 is 0 Å². The van der Waals surface area contributed by atoms with Crippen molar-refractivity contribution in [3.63, 3.8) is 0 Å². The summed E-state index contributed by atoms with van der Waals surface area (Å²) in [6.45, 7) is 2.49. The minimum absolute atomic E-state index is 0.0317. The second kappa shape index (κ2) is 4.56. The molecule has 4 heteroatoms. The summed E-state index contributed by atoms with van der Waals surface area (Å²) < 4.78 is 0. The van der Waals surface area contributed by atoms with Crippen molar-refractivity contribution in [2.45, 2.75) is 57.5 Å². The van der Waals surface area contributed by atoms with Gasteiger partial charge in [-0.05, 0) is 37.5 Å². The molecule has 1 N–H and O–H groups in total. The Hall–Kier alpha value is -1.06. The first kappa shape index (κ1) is 12.0. The predicted octanol–water partition coefficient (Wildman–Crippen LogP) is 1.30. The summed E-state index contributed by atoms with van der Waals surface area (Å²) in [6, 6.07) is 0.0685. The summed E-state index contributed by atoms with van der Waals surface area (Å²) in [5.74, 6) is 1.15. The molecule has 2 saturated carbocycles. The van der Waals surface area contributed by atoms with E-state index in [9.17, 15) is 9.59 Å². The van der Waals surface area contributed by atoms with Crippen molar-refractivity contribution in [2.75, 3.05) is 6.54 Å². The second-order valence-corrected chi connectivity index (χ2v) is 6.18. The maximum Gasteiger partial charge on any atom is 0.246 e. The monoisotopic (exact) mass is 250 g/mol. The molecule has 18 heavy (non-hydrogen) atoms. The van der Waals surface area contributed by atoms with Crippen LogP contribution < -0.4 is 5.32 Å². The number of amides is 2. The Labute approximate surface area is 108 Å². The Bertz CT molecular complexity index is 365. The van der Waals surface area contributed by atoms with E-state index in [1.807, 2.05) is 4.90 Å². The van der Waals surface area contributed by atoms with E-state index in [1.54, 1.807) is 0 Å². The molecule has 2 amide bonds. The molecule has 0 aromatic heterocycles. The van der Waals surface area contributed by atoms with Crippen molar-refractivity contribution >= 4 is 11.8 Å². The molecule has 100 valence electrons. The van der Waals surface area contributed by atoms with Gasteiger partial charge in [-0.1, -0.05) is 19.8 Å². The van der Waals surface area contributed by atoms with E-state index < -0.39 is 0 Å². The van der Waals surface area contributed by atoms with Gasteiger partial charge < -0.3 is 10.2 Å². The molecule has 0 spiro atoms. The molecule has 3 aliphatic rings. The fourth-order valence-corrected chi connectivity index (χ4v) is 3.48. The van der Waals surface area contributed by atoms with E-state index in [0.29, 0.717) is 17.9 Å². The van der Waals surface area contributed by atoms with Crippen LogP contribution in [0.1, 0.15) is 45.4 Å². The molecule has 2 aliphatic carbocycles. The fraction of sp³-hybridized carbons (Fsp3) is 0.857. The number of hydrogen-bond donors (Lipinski definition) is 1. The predicted molar refractivity (Wildman–Crippen MR) is 67.8 cm³/mol. The zero-order valence-corrected chi connectivity index (χ0v) is 11.0. The largest absolute Gasteiger partial charge is 0.342 e. The van der Waals surface area contributed by atoms with Gasteiger partial charge in [-0.15, -0.1) is 0 Å². The number of piperazine rings is 1. The maximum atomic E-state index is 12.5. The Morgan fingerprint density at radius 2 is 1.83 bits per heavy atom. The lowest BCUT2D eigenvalue weighted by Crippen LogP contribution is -2.62. The third-order valence-corrected chi connectivity index (χ3v) is 4.74. The van der Waals surface area contributed by atoms with E-state index in [0.717, 1.165) is 19.3 Å². The number of rotatable bonds is 2. The minimum atomic E-state index is -0.222. The molecule has 0 radical (unpaired) electrons. The van der Waals surface area contributed by atoms with Crippen LogP contribution in [0.4, 0.5) is 0 Å². The highest BCUT2D eigenvalue weighted by atomic mass is 16.2. The normalized spacial score (nSPS) is 37.6. The molecule has 0 aromatic carbocycles. The summed E-state index contributed by atoms with van der Waals surface area (Å²) in [6.07, 6.45) is 6.88. The fourth-order valence-electron chi connectivity index (χ4n) is 3.48. The summed E-state index contributed by atoms with van der Waals surface area (Å²) >= 11 is 0. The third kappa shape index (κ3) is 2.13. The third-order valence-electron chi connectivity index (χ3n) is 4.74. The van der Waals surface area contributed by atoms with Crippen LogP contribution in [0.5, 0.6) is 0 Å². The zero-order valence-electron chi connectivity index (χ0n) is 11.0. The van der Waals surface area contributed by atoms with Gasteiger partial charge in [0.15, 0.2) is 0 Å². The van der Waals surface area contributed by atoms with Gasteiger partial charge in [-0.3, -0.25) is 9.59 Å². The van der Waals surface area contributed by atoms with Gasteiger partial charge in [0.1, 0.15) is 6.04 Å².